The number of hydrogen-bond donors (Lipinski definition) is 3. The minimum Gasteiger partial charge on any atom is -0.490 e. The maximum Gasteiger partial charge on any atom is 0.407 e. The number of nitrogens with one attached hydrogen (secondary N) is 3. The molecule has 1 rings (SSSR count). The van der Waals surface area contributed by atoms with Gasteiger partial charge in [-0.1, -0.05) is 0 Å². The number of aromatic nitrogens is 1. The number of nitrogens with zero attached hydrogens (tertiary/aromatic N) is 2. The molecule has 26 heavy (non-hydrogen) atoms. The number of alkyl carbamates (subject to hydrolysis) is 1. The van der Waals surface area contributed by atoms with Crippen molar-refractivity contribution in [1.82, 2.24) is 20.9 Å². The normalized spacial score (nSPS) is 11.2. The summed E-state index contributed by atoms with van der Waals surface area (Å²) in [5.74, 6) is 1.40. The van der Waals surface area contributed by atoms with E-state index in [-0.39, 0.29) is 24.0 Å². The first-order valence-electron chi connectivity index (χ1n) is 8.42. The van der Waals surface area contributed by atoms with Crippen molar-refractivity contribution in [3.8, 4) is 5.75 Å². The number of aliphatic imine (C=N–C) groups is 1. The van der Waals surface area contributed by atoms with Crippen LogP contribution in [-0.4, -0.2) is 55.4 Å². The van der Waals surface area contributed by atoms with Crippen molar-refractivity contribution in [2.75, 3.05) is 32.8 Å². The van der Waals surface area contributed by atoms with Crippen molar-refractivity contribution in [1.29, 1.82) is 0 Å². The molecule has 0 unspecified atom stereocenters. The fourth-order valence-corrected chi connectivity index (χ4v) is 1.75. The van der Waals surface area contributed by atoms with Gasteiger partial charge in [-0.05, 0) is 39.8 Å². The van der Waals surface area contributed by atoms with Crippen LogP contribution in [0.5, 0.6) is 5.75 Å². The van der Waals surface area contributed by atoms with Crippen LogP contribution in [0, 0.1) is 0 Å². The highest BCUT2D eigenvalue weighted by molar-refractivity contribution is 14.0. The van der Waals surface area contributed by atoms with E-state index in [1.165, 1.54) is 0 Å². The molecule has 0 spiro atoms. The molecule has 0 aliphatic carbocycles. The minimum atomic E-state index is -0.502. The van der Waals surface area contributed by atoms with E-state index in [0.717, 1.165) is 12.3 Å². The van der Waals surface area contributed by atoms with Gasteiger partial charge in [0.25, 0.3) is 0 Å². The topological polar surface area (TPSA) is 96.9 Å². The fraction of sp³-hybridized carbons (Fsp3) is 0.588. The van der Waals surface area contributed by atoms with Crippen LogP contribution in [0.15, 0.2) is 29.5 Å². The zero-order valence-electron chi connectivity index (χ0n) is 15.9. The first-order chi connectivity index (χ1) is 11.9. The summed E-state index contributed by atoms with van der Waals surface area (Å²) in [4.78, 5) is 19.9. The molecule has 0 radical (unpaired) electrons. The van der Waals surface area contributed by atoms with Crippen LogP contribution < -0.4 is 20.7 Å². The van der Waals surface area contributed by atoms with E-state index >= 15 is 0 Å². The highest BCUT2D eigenvalue weighted by atomic mass is 127. The summed E-state index contributed by atoms with van der Waals surface area (Å²) < 4.78 is 10.7. The van der Waals surface area contributed by atoms with Gasteiger partial charge in [0.05, 0.1) is 19.3 Å². The van der Waals surface area contributed by atoms with E-state index in [1.54, 1.807) is 12.4 Å². The van der Waals surface area contributed by atoms with Gasteiger partial charge in [-0.2, -0.15) is 0 Å². The summed E-state index contributed by atoms with van der Waals surface area (Å²) in [6, 6.07) is 3.68. The third-order valence-corrected chi connectivity index (χ3v) is 2.69. The molecule has 1 heterocycles. The molecule has 0 aliphatic heterocycles. The van der Waals surface area contributed by atoms with Crippen LogP contribution in [0.3, 0.4) is 0 Å². The molecular weight excluding hydrogens is 449 g/mol. The second-order valence-electron chi connectivity index (χ2n) is 6.15. The lowest BCUT2D eigenvalue weighted by molar-refractivity contribution is 0.0529. The van der Waals surface area contributed by atoms with Crippen LogP contribution in [0.1, 0.15) is 27.7 Å². The zero-order chi connectivity index (χ0) is 18.5. The summed E-state index contributed by atoms with van der Waals surface area (Å²) in [5.41, 5.74) is -0.502. The Bertz CT molecular complexity index is 535. The van der Waals surface area contributed by atoms with Crippen molar-refractivity contribution < 1.29 is 14.3 Å². The molecule has 3 N–H and O–H groups in total. The largest absolute Gasteiger partial charge is 0.490 e. The Morgan fingerprint density at radius 2 is 2.00 bits per heavy atom. The second kappa shape index (κ2) is 13.4. The molecule has 0 saturated heterocycles. The van der Waals surface area contributed by atoms with E-state index in [1.807, 2.05) is 39.8 Å². The summed E-state index contributed by atoms with van der Waals surface area (Å²) in [5, 5.41) is 8.97. The maximum absolute atomic E-state index is 11.5. The van der Waals surface area contributed by atoms with Crippen LogP contribution >= 0.6 is 24.0 Å². The molecule has 0 saturated carbocycles. The Balaban J connectivity index is 0.00000625. The maximum atomic E-state index is 11.5. The van der Waals surface area contributed by atoms with E-state index in [4.69, 9.17) is 9.47 Å². The Kier molecular flexibility index (Phi) is 12.5. The van der Waals surface area contributed by atoms with Crippen LogP contribution in [-0.2, 0) is 4.74 Å². The molecule has 148 valence electrons. The quantitative estimate of drug-likeness (QED) is 0.229. The predicted octanol–water partition coefficient (Wildman–Crippen LogP) is 2.16. The summed E-state index contributed by atoms with van der Waals surface area (Å²) in [7, 11) is 0. The van der Waals surface area contributed by atoms with Crippen LogP contribution in [0.25, 0.3) is 0 Å². The molecule has 1 amide bonds. The molecule has 9 heteroatoms. The molecule has 0 aromatic carbocycles. The molecule has 0 atom stereocenters. The van der Waals surface area contributed by atoms with E-state index in [9.17, 15) is 4.79 Å². The first kappa shape index (κ1) is 24.2. The first-order valence-corrected chi connectivity index (χ1v) is 8.42. The lowest BCUT2D eigenvalue weighted by Crippen LogP contribution is -2.40. The molecule has 0 fully saturated rings. The van der Waals surface area contributed by atoms with Crippen molar-refractivity contribution in [2.45, 2.75) is 33.3 Å². The SMILES string of the molecule is CCNC(=NCCNC(=O)OC(C)(C)C)NCCOc1cccnc1.I. The monoisotopic (exact) mass is 479 g/mol. The lowest BCUT2D eigenvalue weighted by Gasteiger charge is -2.19. The second-order valence-corrected chi connectivity index (χ2v) is 6.15. The van der Waals surface area contributed by atoms with Crippen molar-refractivity contribution in [3.05, 3.63) is 24.5 Å². The van der Waals surface area contributed by atoms with Gasteiger partial charge in [0.1, 0.15) is 18.0 Å². The number of guanidine groups is 1. The van der Waals surface area contributed by atoms with Gasteiger partial charge in [-0.15, -0.1) is 24.0 Å². The number of carbonyl (C=O) groups excluding carboxylic acids is 1. The van der Waals surface area contributed by atoms with E-state index in [2.05, 4.69) is 25.9 Å². The molecule has 0 aliphatic rings. The van der Waals surface area contributed by atoms with Gasteiger partial charge in [0, 0.05) is 19.3 Å². The highest BCUT2D eigenvalue weighted by Crippen LogP contribution is 2.06. The molecule has 1 aromatic heterocycles. The highest BCUT2D eigenvalue weighted by Gasteiger charge is 2.15. The van der Waals surface area contributed by atoms with Gasteiger partial charge < -0.3 is 25.4 Å². The smallest absolute Gasteiger partial charge is 0.407 e. The van der Waals surface area contributed by atoms with Gasteiger partial charge in [0.15, 0.2) is 5.96 Å². The summed E-state index contributed by atoms with van der Waals surface area (Å²) in [6.45, 7) is 10.1. The number of pyridine rings is 1. The van der Waals surface area contributed by atoms with Crippen LogP contribution in [0.4, 0.5) is 4.79 Å². The zero-order valence-corrected chi connectivity index (χ0v) is 18.2. The Hall–Kier alpha value is -1.78. The number of carbonyl (C=O) groups is 1. The Labute approximate surface area is 172 Å². The number of ether oxygens (including phenoxy) is 2. The standard InChI is InChI=1S/C17H29N5O3.HI/c1-5-19-15(20-9-10-22-16(23)25-17(2,3)4)21-11-12-24-14-7-6-8-18-13-14;/h6-8,13H,5,9-12H2,1-4H3,(H,22,23)(H2,19,20,21);1H. The third-order valence-electron chi connectivity index (χ3n) is 2.69. The van der Waals surface area contributed by atoms with E-state index in [0.29, 0.717) is 32.2 Å². The molecule has 1 aromatic rings. The molecular formula is C17H30IN5O3. The van der Waals surface area contributed by atoms with Gasteiger partial charge in [-0.3, -0.25) is 9.98 Å². The average molecular weight is 479 g/mol. The number of amides is 1. The predicted molar refractivity (Wildman–Crippen MR) is 113 cm³/mol. The van der Waals surface area contributed by atoms with Crippen molar-refractivity contribution in [2.24, 2.45) is 4.99 Å². The van der Waals surface area contributed by atoms with Gasteiger partial charge >= 0.3 is 6.09 Å². The number of hydrogen-bond acceptors (Lipinski definition) is 5. The number of rotatable bonds is 8. The van der Waals surface area contributed by atoms with Crippen LogP contribution in [0.2, 0.25) is 0 Å². The summed E-state index contributed by atoms with van der Waals surface area (Å²) in [6.07, 6.45) is 2.93. The third kappa shape index (κ3) is 12.6. The van der Waals surface area contributed by atoms with Gasteiger partial charge in [0.2, 0.25) is 0 Å². The van der Waals surface area contributed by atoms with Crippen molar-refractivity contribution >= 4 is 36.0 Å². The molecule has 0 bridgehead atoms. The Morgan fingerprint density at radius 3 is 2.62 bits per heavy atom. The minimum absolute atomic E-state index is 0. The fourth-order valence-electron chi connectivity index (χ4n) is 1.75. The van der Waals surface area contributed by atoms with Crippen molar-refractivity contribution in [3.63, 3.8) is 0 Å². The lowest BCUT2D eigenvalue weighted by atomic mass is 10.2. The van der Waals surface area contributed by atoms with Gasteiger partial charge in [-0.25, -0.2) is 4.79 Å². The Morgan fingerprint density at radius 1 is 1.23 bits per heavy atom. The summed E-state index contributed by atoms with van der Waals surface area (Å²) >= 11 is 0. The van der Waals surface area contributed by atoms with E-state index < -0.39 is 11.7 Å². The average Bonchev–Trinajstić information content (AvgIpc) is 2.54. The molecule has 8 nitrogen and oxygen atoms in total. The number of halogens is 1.